The van der Waals surface area contributed by atoms with E-state index >= 15 is 0 Å². The number of carbonyl (C=O) groups is 1. The second-order valence-electron chi connectivity index (χ2n) is 3.71. The van der Waals surface area contributed by atoms with E-state index in [1.165, 1.54) is 21.3 Å². The first-order valence-corrected chi connectivity index (χ1v) is 6.94. The number of ether oxygens (including phenoxy) is 3. The van der Waals surface area contributed by atoms with Crippen LogP contribution < -0.4 is 19.5 Å². The van der Waals surface area contributed by atoms with Gasteiger partial charge in [-0.3, -0.25) is 4.79 Å². The van der Waals surface area contributed by atoms with Crippen LogP contribution in [0.15, 0.2) is 12.1 Å². The van der Waals surface area contributed by atoms with E-state index in [1.54, 1.807) is 12.1 Å². The lowest BCUT2D eigenvalue weighted by atomic mass is 10.1. The molecule has 0 bridgehead atoms. The van der Waals surface area contributed by atoms with E-state index < -0.39 is 0 Å². The van der Waals surface area contributed by atoms with Crippen LogP contribution in [-0.4, -0.2) is 39.1 Å². The predicted octanol–water partition coefficient (Wildman–Crippen LogP) is 2.23. The van der Waals surface area contributed by atoms with Gasteiger partial charge in [0.2, 0.25) is 0 Å². The minimum atomic E-state index is -0.196. The summed E-state index contributed by atoms with van der Waals surface area (Å²) in [6.45, 7) is 0.599. The Morgan fingerprint density at radius 3 is 2.21 bits per heavy atom. The van der Waals surface area contributed by atoms with Crippen molar-refractivity contribution in [2.45, 2.75) is 6.42 Å². The van der Waals surface area contributed by atoms with Crippen LogP contribution in [-0.2, 0) is 0 Å². The van der Waals surface area contributed by atoms with Gasteiger partial charge in [0.25, 0.3) is 5.91 Å². The predicted molar refractivity (Wildman–Crippen MR) is 76.8 cm³/mol. The van der Waals surface area contributed by atoms with Crippen molar-refractivity contribution in [3.8, 4) is 17.2 Å². The van der Waals surface area contributed by atoms with Gasteiger partial charge in [-0.25, -0.2) is 0 Å². The number of nitrogens with one attached hydrogen (secondary N) is 1. The van der Waals surface area contributed by atoms with Crippen LogP contribution >= 0.6 is 15.9 Å². The molecule has 0 aromatic heterocycles. The average Bonchev–Trinajstić information content (AvgIpc) is 2.45. The number of carbonyl (C=O) groups excluding carboxylic acids is 1. The Labute approximate surface area is 121 Å². The van der Waals surface area contributed by atoms with Crippen molar-refractivity contribution < 1.29 is 19.0 Å². The monoisotopic (exact) mass is 331 g/mol. The van der Waals surface area contributed by atoms with Gasteiger partial charge in [0, 0.05) is 24.0 Å². The third kappa shape index (κ3) is 4.02. The molecule has 1 aromatic carbocycles. The summed E-state index contributed by atoms with van der Waals surface area (Å²) in [5.41, 5.74) is 0.426. The van der Waals surface area contributed by atoms with Gasteiger partial charge >= 0.3 is 0 Å². The molecule has 0 unspecified atom stereocenters. The number of alkyl halides is 1. The minimum Gasteiger partial charge on any atom is -0.496 e. The van der Waals surface area contributed by atoms with Gasteiger partial charge in [0.05, 0.1) is 26.9 Å². The molecule has 1 N–H and O–H groups in total. The molecule has 0 saturated carbocycles. The van der Waals surface area contributed by atoms with E-state index in [1.807, 2.05) is 0 Å². The Hall–Kier alpha value is -1.43. The van der Waals surface area contributed by atoms with Gasteiger partial charge in [0.15, 0.2) is 11.5 Å². The summed E-state index contributed by atoms with van der Waals surface area (Å²) < 4.78 is 15.6. The molecule has 0 saturated heterocycles. The number of halogens is 1. The van der Waals surface area contributed by atoms with Crippen molar-refractivity contribution >= 4 is 21.8 Å². The summed E-state index contributed by atoms with van der Waals surface area (Å²) in [7, 11) is 4.57. The average molecular weight is 332 g/mol. The van der Waals surface area contributed by atoms with Crippen molar-refractivity contribution in [3.63, 3.8) is 0 Å². The third-order valence-corrected chi connectivity index (χ3v) is 3.11. The lowest BCUT2D eigenvalue weighted by Crippen LogP contribution is -2.25. The van der Waals surface area contributed by atoms with Crippen LogP contribution in [0.5, 0.6) is 17.2 Å². The maximum atomic E-state index is 12.1. The minimum absolute atomic E-state index is 0.196. The summed E-state index contributed by atoms with van der Waals surface area (Å²) >= 11 is 3.31. The van der Waals surface area contributed by atoms with Crippen LogP contribution in [0, 0.1) is 0 Å². The van der Waals surface area contributed by atoms with Crippen LogP contribution in [0.4, 0.5) is 0 Å². The molecule has 5 nitrogen and oxygen atoms in total. The van der Waals surface area contributed by atoms with Crippen molar-refractivity contribution in [1.82, 2.24) is 5.32 Å². The quantitative estimate of drug-likeness (QED) is 0.615. The number of hydrogen-bond acceptors (Lipinski definition) is 4. The van der Waals surface area contributed by atoms with E-state index in [2.05, 4.69) is 21.2 Å². The Balaban J connectivity index is 3.00. The van der Waals surface area contributed by atoms with Crippen molar-refractivity contribution in [2.24, 2.45) is 0 Å². The fraction of sp³-hybridized carbons (Fsp3) is 0.462. The highest BCUT2D eigenvalue weighted by atomic mass is 79.9. The molecule has 0 fully saturated rings. The van der Waals surface area contributed by atoms with Gasteiger partial charge in [0.1, 0.15) is 5.75 Å². The van der Waals surface area contributed by atoms with E-state index in [0.717, 1.165) is 11.8 Å². The fourth-order valence-electron chi connectivity index (χ4n) is 1.57. The molecule has 0 aliphatic carbocycles. The molecule has 1 aromatic rings. The van der Waals surface area contributed by atoms with Gasteiger partial charge in [-0.15, -0.1) is 0 Å². The summed E-state index contributed by atoms with van der Waals surface area (Å²) in [5.74, 6) is 1.28. The lowest BCUT2D eigenvalue weighted by molar-refractivity contribution is 0.0950. The zero-order valence-electron chi connectivity index (χ0n) is 11.3. The van der Waals surface area contributed by atoms with Crippen LogP contribution in [0.3, 0.4) is 0 Å². The Morgan fingerprint density at radius 2 is 1.68 bits per heavy atom. The first kappa shape index (κ1) is 15.6. The van der Waals surface area contributed by atoms with Gasteiger partial charge in [-0.05, 0) is 6.42 Å². The highest BCUT2D eigenvalue weighted by Crippen LogP contribution is 2.34. The second kappa shape index (κ2) is 7.89. The van der Waals surface area contributed by atoms with Gasteiger partial charge in [-0.2, -0.15) is 0 Å². The molecule has 0 aliphatic rings. The topological polar surface area (TPSA) is 56.8 Å². The largest absolute Gasteiger partial charge is 0.496 e. The normalized spacial score (nSPS) is 9.89. The van der Waals surface area contributed by atoms with E-state index in [-0.39, 0.29) is 5.91 Å². The van der Waals surface area contributed by atoms with Crippen LogP contribution in [0.2, 0.25) is 0 Å². The molecule has 106 valence electrons. The third-order valence-electron chi connectivity index (χ3n) is 2.55. The highest BCUT2D eigenvalue weighted by Gasteiger charge is 2.17. The molecule has 0 spiro atoms. The molecular formula is C13H18BrNO4. The number of hydrogen-bond donors (Lipinski definition) is 1. The molecule has 1 amide bonds. The molecular weight excluding hydrogens is 314 g/mol. The smallest absolute Gasteiger partial charge is 0.255 e. The highest BCUT2D eigenvalue weighted by molar-refractivity contribution is 9.09. The van der Waals surface area contributed by atoms with E-state index in [9.17, 15) is 4.79 Å². The van der Waals surface area contributed by atoms with Crippen LogP contribution in [0.25, 0.3) is 0 Å². The number of rotatable bonds is 7. The van der Waals surface area contributed by atoms with Crippen molar-refractivity contribution in [2.75, 3.05) is 33.2 Å². The van der Waals surface area contributed by atoms with Crippen molar-refractivity contribution in [1.29, 1.82) is 0 Å². The van der Waals surface area contributed by atoms with E-state index in [0.29, 0.717) is 29.4 Å². The molecule has 0 atom stereocenters. The summed E-state index contributed by atoms with van der Waals surface area (Å²) in [6.07, 6.45) is 0.862. The first-order valence-electron chi connectivity index (χ1n) is 5.82. The summed E-state index contributed by atoms with van der Waals surface area (Å²) in [5, 5.41) is 3.66. The molecule has 0 heterocycles. The standard InChI is InChI=1S/C13H18BrNO4/c1-17-10-8-12(19-3)11(18-2)7-9(10)13(16)15-6-4-5-14/h7-8H,4-6H2,1-3H3,(H,15,16). The Bertz CT molecular complexity index is 437. The van der Waals surface area contributed by atoms with Crippen LogP contribution in [0.1, 0.15) is 16.8 Å². The molecule has 0 radical (unpaired) electrons. The summed E-state index contributed by atoms with van der Waals surface area (Å²) in [4.78, 5) is 12.1. The Morgan fingerprint density at radius 1 is 1.11 bits per heavy atom. The molecule has 6 heteroatoms. The lowest BCUT2D eigenvalue weighted by Gasteiger charge is -2.13. The SMILES string of the molecule is COc1cc(OC)c(C(=O)NCCCBr)cc1OC. The maximum absolute atomic E-state index is 12.1. The maximum Gasteiger partial charge on any atom is 0.255 e. The first-order chi connectivity index (χ1) is 9.17. The number of methoxy groups -OCH3 is 3. The zero-order valence-corrected chi connectivity index (χ0v) is 12.9. The molecule has 1 rings (SSSR count). The number of benzene rings is 1. The molecule has 0 aliphatic heterocycles. The number of amides is 1. The Kier molecular flexibility index (Phi) is 6.49. The fourth-order valence-corrected chi connectivity index (χ4v) is 1.85. The molecule has 19 heavy (non-hydrogen) atoms. The van der Waals surface area contributed by atoms with Gasteiger partial charge < -0.3 is 19.5 Å². The summed E-state index contributed by atoms with van der Waals surface area (Å²) in [6, 6.07) is 3.25. The van der Waals surface area contributed by atoms with Crippen molar-refractivity contribution in [3.05, 3.63) is 17.7 Å². The second-order valence-corrected chi connectivity index (χ2v) is 4.50. The van der Waals surface area contributed by atoms with Gasteiger partial charge in [-0.1, -0.05) is 15.9 Å². The van der Waals surface area contributed by atoms with E-state index in [4.69, 9.17) is 14.2 Å². The zero-order chi connectivity index (χ0) is 14.3.